The fourth-order valence-electron chi connectivity index (χ4n) is 8.17. The number of nitrogens with zero attached hydrogens (tertiary/aromatic N) is 4. The molecular formula is C43H30N4. The molecule has 1 aliphatic rings. The first-order chi connectivity index (χ1) is 23.1. The van der Waals surface area contributed by atoms with E-state index in [1.807, 2.05) is 0 Å². The van der Waals surface area contributed by atoms with Gasteiger partial charge in [0.15, 0.2) is 0 Å². The number of para-hydroxylation sites is 4. The van der Waals surface area contributed by atoms with E-state index in [-0.39, 0.29) is 5.41 Å². The zero-order valence-corrected chi connectivity index (χ0v) is 26.1. The monoisotopic (exact) mass is 602 g/mol. The first kappa shape index (κ1) is 26.2. The Labute approximate surface area is 272 Å². The minimum absolute atomic E-state index is 0.297. The van der Waals surface area contributed by atoms with Crippen LogP contribution < -0.4 is 0 Å². The van der Waals surface area contributed by atoms with Crippen molar-refractivity contribution in [2.24, 2.45) is 0 Å². The number of hydrogen-bond acceptors (Lipinski definition) is 2. The predicted molar refractivity (Wildman–Crippen MR) is 194 cm³/mol. The van der Waals surface area contributed by atoms with E-state index >= 15 is 0 Å². The molecule has 6 aromatic carbocycles. The summed E-state index contributed by atoms with van der Waals surface area (Å²) in [7, 11) is 0. The molecule has 0 saturated heterocycles. The average Bonchev–Trinajstić information content (AvgIpc) is 3.73. The average molecular weight is 603 g/mol. The number of hydrogen-bond donors (Lipinski definition) is 0. The lowest BCUT2D eigenvalue weighted by atomic mass is 9.80. The van der Waals surface area contributed by atoms with E-state index in [9.17, 15) is 0 Å². The number of aromatic nitrogens is 4. The third kappa shape index (κ3) is 3.53. The lowest BCUT2D eigenvalue weighted by Crippen LogP contribution is -2.17. The molecular weight excluding hydrogens is 573 g/mol. The summed E-state index contributed by atoms with van der Waals surface area (Å²) in [6, 6.07) is 51.8. The first-order valence-corrected chi connectivity index (χ1v) is 16.2. The molecule has 0 saturated carbocycles. The standard InChI is InChI=1S/C43H30N4/c1-43(2)37-32-21-11-14-24-36(32)46(28-17-7-4-8-18-28)41(37)33-26-25-30-29-19-10-13-23-35(29)47(40(30)38(33)43)42-44-34-22-12-9-20-31(34)39(45-42)27-15-5-3-6-16-27/h3-26H,1-2H3. The van der Waals surface area contributed by atoms with Crippen LogP contribution in [0.1, 0.15) is 25.0 Å². The Hall–Kier alpha value is -6.00. The lowest BCUT2D eigenvalue weighted by molar-refractivity contribution is 0.669. The van der Waals surface area contributed by atoms with Crippen molar-refractivity contribution in [3.8, 4) is 34.2 Å². The lowest BCUT2D eigenvalue weighted by Gasteiger charge is -2.23. The van der Waals surface area contributed by atoms with Gasteiger partial charge in [0, 0.05) is 43.8 Å². The Balaban J connectivity index is 1.36. The van der Waals surface area contributed by atoms with Gasteiger partial charge in [0.2, 0.25) is 5.95 Å². The van der Waals surface area contributed by atoms with Gasteiger partial charge >= 0.3 is 0 Å². The molecule has 9 aromatic rings. The second kappa shape index (κ2) is 9.51. The fourth-order valence-corrected chi connectivity index (χ4v) is 8.17. The van der Waals surface area contributed by atoms with Crippen molar-refractivity contribution in [1.82, 2.24) is 19.1 Å². The highest BCUT2D eigenvalue weighted by molar-refractivity contribution is 6.14. The number of rotatable bonds is 3. The van der Waals surface area contributed by atoms with E-state index in [2.05, 4.69) is 169 Å². The summed E-state index contributed by atoms with van der Waals surface area (Å²) in [5.74, 6) is 0.685. The highest BCUT2D eigenvalue weighted by Gasteiger charge is 2.43. The van der Waals surface area contributed by atoms with Crippen LogP contribution in [0.25, 0.3) is 77.8 Å². The third-order valence-corrected chi connectivity index (χ3v) is 10.1. The molecule has 0 N–H and O–H groups in total. The SMILES string of the molecule is CC1(C)c2c(n(-c3ccccc3)c3ccccc23)-c2ccc3c4ccccc4n(-c4nc(-c5ccccc5)c5ccccc5n4)c3c21. The van der Waals surface area contributed by atoms with E-state index in [0.717, 1.165) is 27.7 Å². The molecule has 0 radical (unpaired) electrons. The Morgan fingerprint density at radius 3 is 1.87 bits per heavy atom. The van der Waals surface area contributed by atoms with Crippen molar-refractivity contribution in [2.75, 3.05) is 0 Å². The van der Waals surface area contributed by atoms with Crippen LogP contribution in [0.2, 0.25) is 0 Å². The second-order valence-corrected chi connectivity index (χ2v) is 13.0. The summed E-state index contributed by atoms with van der Waals surface area (Å²) < 4.78 is 4.78. The molecule has 0 fully saturated rings. The molecule has 0 aliphatic heterocycles. The maximum absolute atomic E-state index is 5.39. The number of fused-ring (bicyclic) bond motifs is 10. The minimum atomic E-state index is -0.297. The normalized spacial score (nSPS) is 13.5. The van der Waals surface area contributed by atoms with Gasteiger partial charge in [-0.05, 0) is 41.5 Å². The van der Waals surface area contributed by atoms with E-state index < -0.39 is 0 Å². The molecule has 0 amide bonds. The first-order valence-electron chi connectivity index (χ1n) is 16.2. The summed E-state index contributed by atoms with van der Waals surface area (Å²) in [6.07, 6.45) is 0. The van der Waals surface area contributed by atoms with Crippen LogP contribution in [0.15, 0.2) is 146 Å². The quantitative estimate of drug-likeness (QED) is 0.202. The molecule has 0 unspecified atom stereocenters. The van der Waals surface area contributed by atoms with Crippen LogP contribution in [0.4, 0.5) is 0 Å². The minimum Gasteiger partial charge on any atom is -0.309 e. The Bertz CT molecular complexity index is 2700. The van der Waals surface area contributed by atoms with Gasteiger partial charge in [-0.1, -0.05) is 129 Å². The zero-order valence-electron chi connectivity index (χ0n) is 26.1. The molecule has 3 aromatic heterocycles. The van der Waals surface area contributed by atoms with E-state index in [4.69, 9.17) is 9.97 Å². The molecule has 4 nitrogen and oxygen atoms in total. The summed E-state index contributed by atoms with van der Waals surface area (Å²) in [4.78, 5) is 10.7. The van der Waals surface area contributed by atoms with Gasteiger partial charge in [-0.3, -0.25) is 4.57 Å². The van der Waals surface area contributed by atoms with E-state index in [1.54, 1.807) is 0 Å². The number of benzene rings is 6. The van der Waals surface area contributed by atoms with Gasteiger partial charge in [0.05, 0.1) is 33.5 Å². The third-order valence-electron chi connectivity index (χ3n) is 10.1. The molecule has 1 aliphatic carbocycles. The van der Waals surface area contributed by atoms with Gasteiger partial charge in [-0.15, -0.1) is 0 Å². The van der Waals surface area contributed by atoms with Crippen molar-refractivity contribution in [3.63, 3.8) is 0 Å². The van der Waals surface area contributed by atoms with E-state index in [0.29, 0.717) is 5.95 Å². The summed E-state index contributed by atoms with van der Waals surface area (Å²) in [5, 5.41) is 4.75. The summed E-state index contributed by atoms with van der Waals surface area (Å²) in [5.41, 5.74) is 12.5. The fraction of sp³-hybridized carbons (Fsp3) is 0.0698. The topological polar surface area (TPSA) is 35.6 Å². The Morgan fingerprint density at radius 2 is 1.11 bits per heavy atom. The van der Waals surface area contributed by atoms with Gasteiger partial charge in [-0.2, -0.15) is 0 Å². The van der Waals surface area contributed by atoms with E-state index in [1.165, 1.54) is 55.3 Å². The van der Waals surface area contributed by atoms with Crippen LogP contribution in [-0.2, 0) is 5.41 Å². The Kier molecular flexibility index (Phi) is 5.31. The summed E-state index contributed by atoms with van der Waals surface area (Å²) >= 11 is 0. The highest BCUT2D eigenvalue weighted by Crippen LogP contribution is 2.56. The van der Waals surface area contributed by atoms with Gasteiger partial charge < -0.3 is 4.57 Å². The molecule has 3 heterocycles. The van der Waals surface area contributed by atoms with Crippen LogP contribution in [0, 0.1) is 0 Å². The van der Waals surface area contributed by atoms with Crippen molar-refractivity contribution in [3.05, 3.63) is 157 Å². The van der Waals surface area contributed by atoms with Crippen LogP contribution >= 0.6 is 0 Å². The van der Waals surface area contributed by atoms with Crippen molar-refractivity contribution in [2.45, 2.75) is 19.3 Å². The largest absolute Gasteiger partial charge is 0.309 e. The van der Waals surface area contributed by atoms with Crippen LogP contribution in [0.3, 0.4) is 0 Å². The van der Waals surface area contributed by atoms with Crippen LogP contribution in [-0.4, -0.2) is 19.1 Å². The highest BCUT2D eigenvalue weighted by atomic mass is 15.2. The molecule has 0 spiro atoms. The molecule has 0 bridgehead atoms. The molecule has 0 atom stereocenters. The smallest absolute Gasteiger partial charge is 0.235 e. The second-order valence-electron chi connectivity index (χ2n) is 13.0. The van der Waals surface area contributed by atoms with Gasteiger partial charge in [0.25, 0.3) is 0 Å². The Morgan fingerprint density at radius 1 is 0.489 bits per heavy atom. The molecule has 4 heteroatoms. The van der Waals surface area contributed by atoms with Gasteiger partial charge in [0.1, 0.15) is 0 Å². The van der Waals surface area contributed by atoms with Crippen molar-refractivity contribution >= 4 is 43.6 Å². The molecule has 10 rings (SSSR count). The van der Waals surface area contributed by atoms with Crippen molar-refractivity contribution in [1.29, 1.82) is 0 Å². The maximum atomic E-state index is 5.39. The maximum Gasteiger partial charge on any atom is 0.235 e. The molecule has 47 heavy (non-hydrogen) atoms. The summed E-state index contributed by atoms with van der Waals surface area (Å²) in [6.45, 7) is 4.77. The van der Waals surface area contributed by atoms with Gasteiger partial charge in [-0.25, -0.2) is 9.97 Å². The molecule has 222 valence electrons. The predicted octanol–water partition coefficient (Wildman–Crippen LogP) is 10.6. The van der Waals surface area contributed by atoms with Crippen molar-refractivity contribution < 1.29 is 0 Å². The van der Waals surface area contributed by atoms with Crippen LogP contribution in [0.5, 0.6) is 0 Å². The zero-order chi connectivity index (χ0) is 31.3.